The number of aryl methyl sites for hydroxylation is 1. The van der Waals surface area contributed by atoms with E-state index in [0.717, 1.165) is 11.1 Å². The smallest absolute Gasteiger partial charge is 0.242 e. The van der Waals surface area contributed by atoms with E-state index in [9.17, 15) is 8.42 Å². The van der Waals surface area contributed by atoms with Crippen molar-refractivity contribution >= 4 is 21.4 Å². The van der Waals surface area contributed by atoms with Crippen molar-refractivity contribution < 1.29 is 13.5 Å². The standard InChI is InChI=1S/C13H15NO3S2/c1-10-2-4-11(5-3-10)8-14-19(16,17)13-6-7-18-12(13)9-15/h2-7,14-15H,8-9H2,1H3. The molecule has 0 atom stereocenters. The van der Waals surface area contributed by atoms with E-state index >= 15 is 0 Å². The van der Waals surface area contributed by atoms with Crippen LogP contribution in [0.2, 0.25) is 0 Å². The molecule has 1 aromatic heterocycles. The molecule has 1 heterocycles. The molecule has 1 aromatic carbocycles. The number of hydrogen-bond acceptors (Lipinski definition) is 4. The van der Waals surface area contributed by atoms with Crippen LogP contribution < -0.4 is 4.72 Å². The third kappa shape index (κ3) is 3.42. The van der Waals surface area contributed by atoms with Gasteiger partial charge in [-0.15, -0.1) is 11.3 Å². The van der Waals surface area contributed by atoms with E-state index in [1.807, 2.05) is 31.2 Å². The first-order valence-electron chi connectivity index (χ1n) is 5.75. The average Bonchev–Trinajstić information content (AvgIpc) is 2.87. The van der Waals surface area contributed by atoms with E-state index < -0.39 is 10.0 Å². The first kappa shape index (κ1) is 14.2. The number of hydrogen-bond donors (Lipinski definition) is 2. The van der Waals surface area contributed by atoms with E-state index in [2.05, 4.69) is 4.72 Å². The highest BCUT2D eigenvalue weighted by atomic mass is 32.2. The molecule has 102 valence electrons. The van der Waals surface area contributed by atoms with E-state index in [1.54, 1.807) is 5.38 Å². The summed E-state index contributed by atoms with van der Waals surface area (Å²) in [7, 11) is -3.57. The fraction of sp³-hybridized carbons (Fsp3) is 0.231. The van der Waals surface area contributed by atoms with Crippen molar-refractivity contribution in [2.75, 3.05) is 0 Å². The maximum Gasteiger partial charge on any atom is 0.242 e. The van der Waals surface area contributed by atoms with Crippen LogP contribution in [0.3, 0.4) is 0 Å². The molecule has 0 bridgehead atoms. The third-order valence-electron chi connectivity index (χ3n) is 2.72. The number of rotatable bonds is 5. The molecule has 0 saturated carbocycles. The zero-order valence-corrected chi connectivity index (χ0v) is 12.1. The zero-order chi connectivity index (χ0) is 13.9. The van der Waals surface area contributed by atoms with Crippen LogP contribution in [-0.4, -0.2) is 13.5 Å². The lowest BCUT2D eigenvalue weighted by atomic mass is 10.2. The SMILES string of the molecule is Cc1ccc(CNS(=O)(=O)c2ccsc2CO)cc1. The Labute approximate surface area is 116 Å². The second-order valence-corrected chi connectivity index (χ2v) is 6.91. The quantitative estimate of drug-likeness (QED) is 0.887. The molecule has 2 N–H and O–H groups in total. The number of thiophene rings is 1. The minimum absolute atomic E-state index is 0.159. The van der Waals surface area contributed by atoms with Crippen LogP contribution in [0.5, 0.6) is 0 Å². The Hall–Kier alpha value is -1.21. The largest absolute Gasteiger partial charge is 0.391 e. The maximum absolute atomic E-state index is 12.1. The highest BCUT2D eigenvalue weighted by Crippen LogP contribution is 2.21. The van der Waals surface area contributed by atoms with Gasteiger partial charge >= 0.3 is 0 Å². The molecule has 0 spiro atoms. The van der Waals surface area contributed by atoms with Crippen molar-refractivity contribution in [1.29, 1.82) is 0 Å². The fourth-order valence-corrected chi connectivity index (χ4v) is 3.96. The highest BCUT2D eigenvalue weighted by molar-refractivity contribution is 7.89. The summed E-state index contributed by atoms with van der Waals surface area (Å²) in [5, 5.41) is 10.8. The summed E-state index contributed by atoms with van der Waals surface area (Å²) in [5.41, 5.74) is 2.03. The summed E-state index contributed by atoms with van der Waals surface area (Å²) in [5.74, 6) is 0. The number of aliphatic hydroxyl groups excluding tert-OH is 1. The fourth-order valence-electron chi connectivity index (χ4n) is 1.65. The first-order chi connectivity index (χ1) is 9.03. The molecule has 6 heteroatoms. The molecule has 0 amide bonds. The molecule has 0 saturated heterocycles. The Morgan fingerprint density at radius 3 is 2.53 bits per heavy atom. The first-order valence-corrected chi connectivity index (χ1v) is 8.11. The summed E-state index contributed by atoms with van der Waals surface area (Å²) < 4.78 is 26.7. The van der Waals surface area contributed by atoms with E-state index in [1.165, 1.54) is 17.4 Å². The van der Waals surface area contributed by atoms with Crippen molar-refractivity contribution in [2.45, 2.75) is 25.0 Å². The summed E-state index contributed by atoms with van der Waals surface area (Å²) in [6, 6.07) is 9.16. The summed E-state index contributed by atoms with van der Waals surface area (Å²) >= 11 is 1.23. The van der Waals surface area contributed by atoms with Gasteiger partial charge < -0.3 is 5.11 Å². The van der Waals surface area contributed by atoms with Gasteiger partial charge in [0.2, 0.25) is 10.0 Å². The Balaban J connectivity index is 2.12. The summed E-state index contributed by atoms with van der Waals surface area (Å²) in [6.45, 7) is 1.95. The Morgan fingerprint density at radius 1 is 1.21 bits per heavy atom. The summed E-state index contributed by atoms with van der Waals surface area (Å²) in [6.07, 6.45) is 0. The second-order valence-electron chi connectivity index (χ2n) is 4.18. The van der Waals surface area contributed by atoms with Gasteiger partial charge in [0.15, 0.2) is 0 Å². The Morgan fingerprint density at radius 2 is 1.89 bits per heavy atom. The van der Waals surface area contributed by atoms with Gasteiger partial charge in [-0.2, -0.15) is 0 Å². The van der Waals surface area contributed by atoms with Crippen molar-refractivity contribution in [2.24, 2.45) is 0 Å². The molecule has 0 aliphatic heterocycles. The van der Waals surface area contributed by atoms with Gasteiger partial charge in [0.05, 0.1) is 11.5 Å². The van der Waals surface area contributed by atoms with Gasteiger partial charge in [-0.1, -0.05) is 29.8 Å². The van der Waals surface area contributed by atoms with Crippen molar-refractivity contribution in [3.8, 4) is 0 Å². The second kappa shape index (κ2) is 5.83. The molecule has 0 aliphatic rings. The van der Waals surface area contributed by atoms with Crippen LogP contribution in [0, 0.1) is 6.92 Å². The normalized spacial score (nSPS) is 11.7. The number of aliphatic hydroxyl groups is 1. The van der Waals surface area contributed by atoms with Crippen LogP contribution in [0.1, 0.15) is 16.0 Å². The molecule has 4 nitrogen and oxygen atoms in total. The minimum atomic E-state index is -3.57. The van der Waals surface area contributed by atoms with Crippen molar-refractivity contribution in [3.63, 3.8) is 0 Å². The van der Waals surface area contributed by atoms with Crippen LogP contribution >= 0.6 is 11.3 Å². The number of benzene rings is 1. The monoisotopic (exact) mass is 297 g/mol. The molecule has 0 radical (unpaired) electrons. The van der Waals surface area contributed by atoms with Gasteiger partial charge in [-0.3, -0.25) is 0 Å². The summed E-state index contributed by atoms with van der Waals surface area (Å²) in [4.78, 5) is 0.614. The van der Waals surface area contributed by atoms with Crippen LogP contribution in [0.15, 0.2) is 40.6 Å². The topological polar surface area (TPSA) is 66.4 Å². The van der Waals surface area contributed by atoms with E-state index in [-0.39, 0.29) is 18.0 Å². The molecule has 2 aromatic rings. The van der Waals surface area contributed by atoms with E-state index in [0.29, 0.717) is 4.88 Å². The lowest BCUT2D eigenvalue weighted by Crippen LogP contribution is -2.23. The van der Waals surface area contributed by atoms with Crippen LogP contribution in [-0.2, 0) is 23.2 Å². The number of sulfonamides is 1. The van der Waals surface area contributed by atoms with Crippen LogP contribution in [0.25, 0.3) is 0 Å². The van der Waals surface area contributed by atoms with Crippen molar-refractivity contribution in [3.05, 3.63) is 51.7 Å². The molecule has 19 heavy (non-hydrogen) atoms. The minimum Gasteiger partial charge on any atom is -0.391 e. The zero-order valence-electron chi connectivity index (χ0n) is 10.5. The highest BCUT2D eigenvalue weighted by Gasteiger charge is 2.18. The number of nitrogens with one attached hydrogen (secondary N) is 1. The third-order valence-corrected chi connectivity index (χ3v) is 5.25. The molecule has 0 aliphatic carbocycles. The molecule has 0 unspecified atom stereocenters. The lowest BCUT2D eigenvalue weighted by Gasteiger charge is -2.07. The Bertz CT molecular complexity index is 645. The lowest BCUT2D eigenvalue weighted by molar-refractivity contribution is 0.282. The van der Waals surface area contributed by atoms with Gasteiger partial charge in [-0.05, 0) is 23.9 Å². The van der Waals surface area contributed by atoms with Gasteiger partial charge in [0.1, 0.15) is 0 Å². The average molecular weight is 297 g/mol. The predicted molar refractivity (Wildman–Crippen MR) is 75.4 cm³/mol. The molecular weight excluding hydrogens is 282 g/mol. The maximum atomic E-state index is 12.1. The van der Waals surface area contributed by atoms with Gasteiger partial charge in [0.25, 0.3) is 0 Å². The Kier molecular flexibility index (Phi) is 4.36. The van der Waals surface area contributed by atoms with Crippen molar-refractivity contribution in [1.82, 2.24) is 4.72 Å². The molecule has 0 fully saturated rings. The van der Waals surface area contributed by atoms with Crippen LogP contribution in [0.4, 0.5) is 0 Å². The van der Waals surface area contributed by atoms with Gasteiger partial charge in [-0.25, -0.2) is 13.1 Å². The van der Waals surface area contributed by atoms with E-state index in [4.69, 9.17) is 5.11 Å². The molecular formula is C13H15NO3S2. The predicted octanol–water partition coefficient (Wildman–Crippen LogP) is 2.03. The van der Waals surface area contributed by atoms with Gasteiger partial charge in [0, 0.05) is 11.4 Å². The molecule has 2 rings (SSSR count).